The second kappa shape index (κ2) is 9.14. The standard InChI is InChI=1S/C30H18F4N4S2/c1-13-17-20(28-21(23(31)30(34)40-28)25(17)37-35-15-9-5-3-6-10-15)14(2)18-19(13)27-22(24(32)29(33)39-27)26(18)38-36-16-11-7-4-8-12-16/h3-12,35-36H,1-2H3/b37-25-,38-26-. The fourth-order valence-corrected chi connectivity index (χ4v) is 7.47. The summed E-state index contributed by atoms with van der Waals surface area (Å²) in [4.78, 5) is 0. The van der Waals surface area contributed by atoms with E-state index in [4.69, 9.17) is 0 Å². The van der Waals surface area contributed by atoms with E-state index in [1.54, 1.807) is 24.3 Å². The van der Waals surface area contributed by atoms with Crippen molar-refractivity contribution in [2.24, 2.45) is 10.2 Å². The number of rotatable bonds is 4. The van der Waals surface area contributed by atoms with Crippen LogP contribution in [0, 0.1) is 35.7 Å². The fraction of sp³-hybridized carbons (Fsp3) is 0.0667. The van der Waals surface area contributed by atoms with Gasteiger partial charge in [0.15, 0.2) is 11.6 Å². The molecule has 0 radical (unpaired) electrons. The number of para-hydroxylation sites is 2. The molecule has 2 N–H and O–H groups in total. The van der Waals surface area contributed by atoms with Crippen molar-refractivity contribution in [2.45, 2.75) is 13.8 Å². The lowest BCUT2D eigenvalue weighted by Crippen LogP contribution is -2.08. The van der Waals surface area contributed by atoms with Gasteiger partial charge in [0.05, 0.1) is 31.5 Å². The Bertz CT molecular complexity index is 2070. The molecule has 0 amide bonds. The number of hydrogen-bond acceptors (Lipinski definition) is 6. The van der Waals surface area contributed by atoms with E-state index in [2.05, 4.69) is 21.1 Å². The Morgan fingerprint density at radius 1 is 0.525 bits per heavy atom. The third kappa shape index (κ3) is 3.49. The quantitative estimate of drug-likeness (QED) is 0.164. The maximum Gasteiger partial charge on any atom is 0.213 e. The number of fused-ring (bicyclic) bond motifs is 6. The highest BCUT2D eigenvalue weighted by Crippen LogP contribution is 2.44. The molecule has 0 unspecified atom stereocenters. The summed E-state index contributed by atoms with van der Waals surface area (Å²) in [6, 6.07) is 18.2. The molecule has 2 aromatic heterocycles. The first-order valence-corrected chi connectivity index (χ1v) is 13.9. The van der Waals surface area contributed by atoms with E-state index in [1.165, 1.54) is 0 Å². The van der Waals surface area contributed by atoms with Gasteiger partial charge in [-0.25, -0.2) is 8.78 Å². The number of halogens is 4. The summed E-state index contributed by atoms with van der Waals surface area (Å²) in [5, 5.41) is 10.2. The zero-order valence-electron chi connectivity index (χ0n) is 21.0. The van der Waals surface area contributed by atoms with E-state index < -0.39 is 21.9 Å². The number of thiophene rings is 2. The zero-order chi connectivity index (χ0) is 27.7. The maximum absolute atomic E-state index is 15.2. The van der Waals surface area contributed by atoms with E-state index in [-0.39, 0.29) is 21.5 Å². The molecule has 4 nitrogen and oxygen atoms in total. The predicted molar refractivity (Wildman–Crippen MR) is 155 cm³/mol. The minimum Gasteiger partial charge on any atom is -0.278 e. The molecule has 2 heterocycles. The third-order valence-electron chi connectivity index (χ3n) is 7.16. The van der Waals surface area contributed by atoms with Crippen LogP contribution in [0.2, 0.25) is 0 Å². The van der Waals surface area contributed by atoms with Gasteiger partial charge < -0.3 is 0 Å². The zero-order valence-corrected chi connectivity index (χ0v) is 22.6. The second-order valence-electron chi connectivity index (χ2n) is 9.41. The van der Waals surface area contributed by atoms with E-state index in [1.807, 2.05) is 50.2 Å². The highest BCUT2D eigenvalue weighted by molar-refractivity contribution is 7.19. The minimum absolute atomic E-state index is 0.0699. The lowest BCUT2D eigenvalue weighted by atomic mass is 9.98. The van der Waals surface area contributed by atoms with Crippen LogP contribution >= 0.6 is 22.7 Å². The molecule has 0 fully saturated rings. The van der Waals surface area contributed by atoms with Crippen molar-refractivity contribution in [3.8, 4) is 0 Å². The number of hydrogen-bond donors (Lipinski definition) is 2. The number of anilines is 2. The van der Waals surface area contributed by atoms with E-state index in [0.29, 0.717) is 76.1 Å². The molecule has 0 aliphatic heterocycles. The van der Waals surface area contributed by atoms with Crippen LogP contribution in [0.15, 0.2) is 70.9 Å². The van der Waals surface area contributed by atoms with Crippen LogP contribution in [0.5, 0.6) is 0 Å². The van der Waals surface area contributed by atoms with Crippen molar-refractivity contribution in [1.82, 2.24) is 0 Å². The smallest absolute Gasteiger partial charge is 0.213 e. The van der Waals surface area contributed by atoms with Crippen molar-refractivity contribution in [1.29, 1.82) is 0 Å². The summed E-state index contributed by atoms with van der Waals surface area (Å²) < 4.78 is 60.6. The average Bonchev–Trinajstić information content (AvgIpc) is 3.64. The van der Waals surface area contributed by atoms with Crippen LogP contribution in [0.25, 0.3) is 41.7 Å². The van der Waals surface area contributed by atoms with Gasteiger partial charge in [0.25, 0.3) is 0 Å². The van der Waals surface area contributed by atoms with Crippen LogP contribution in [-0.4, -0.2) is 0 Å². The topological polar surface area (TPSA) is 48.8 Å². The van der Waals surface area contributed by atoms with Crippen LogP contribution in [0.3, 0.4) is 0 Å². The molecule has 0 saturated carbocycles. The third-order valence-corrected chi connectivity index (χ3v) is 9.11. The molecule has 0 bridgehead atoms. The first kappa shape index (κ1) is 24.7. The average molecular weight is 575 g/mol. The molecule has 7 aromatic rings. The lowest BCUT2D eigenvalue weighted by Gasteiger charge is -2.07. The van der Waals surface area contributed by atoms with E-state index >= 15 is 8.78 Å². The normalized spacial score (nSPS) is 13.1. The molecular formula is C30H18F4N4S2. The Morgan fingerprint density at radius 3 is 1.27 bits per heavy atom. The SMILES string of the molecule is Cc1c2/c(=N/Nc3ccccc3)c3c(F)c(F)sc3c2c(C)c2/c(=N/Nc3ccccc3)c3c(F)c(F)sc3c12. The van der Waals surface area contributed by atoms with Gasteiger partial charge in [0.1, 0.15) is 10.7 Å². The van der Waals surface area contributed by atoms with Gasteiger partial charge in [-0.05, 0) is 49.2 Å². The van der Waals surface area contributed by atoms with E-state index in [0.717, 1.165) is 0 Å². The molecule has 198 valence electrons. The summed E-state index contributed by atoms with van der Waals surface area (Å²) >= 11 is 1.41. The van der Waals surface area contributed by atoms with Gasteiger partial charge in [-0.2, -0.15) is 19.0 Å². The molecule has 0 atom stereocenters. The Balaban J connectivity index is 1.64. The molecule has 7 rings (SSSR count). The van der Waals surface area contributed by atoms with Gasteiger partial charge in [-0.3, -0.25) is 10.9 Å². The minimum atomic E-state index is -0.975. The van der Waals surface area contributed by atoms with Crippen molar-refractivity contribution >= 4 is 75.8 Å². The summed E-state index contributed by atoms with van der Waals surface area (Å²) in [5.41, 5.74) is 8.55. The Kier molecular flexibility index (Phi) is 5.65. The monoisotopic (exact) mass is 574 g/mol. The lowest BCUT2D eigenvalue weighted by molar-refractivity contribution is 0.537. The van der Waals surface area contributed by atoms with E-state index in [9.17, 15) is 8.78 Å². The highest BCUT2D eigenvalue weighted by atomic mass is 32.1. The Morgan fingerprint density at radius 2 is 0.900 bits per heavy atom. The molecular weight excluding hydrogens is 556 g/mol. The van der Waals surface area contributed by atoms with Gasteiger partial charge in [0.2, 0.25) is 10.3 Å². The van der Waals surface area contributed by atoms with Crippen molar-refractivity contribution < 1.29 is 17.6 Å². The van der Waals surface area contributed by atoms with Crippen molar-refractivity contribution in [3.63, 3.8) is 0 Å². The summed E-state index contributed by atoms with van der Waals surface area (Å²) in [6.07, 6.45) is 0. The fourth-order valence-electron chi connectivity index (χ4n) is 5.44. The van der Waals surface area contributed by atoms with Gasteiger partial charge in [-0.15, -0.1) is 22.7 Å². The first-order chi connectivity index (χ1) is 19.4. The molecule has 0 saturated heterocycles. The van der Waals surface area contributed by atoms with Gasteiger partial charge >= 0.3 is 0 Å². The number of benzene rings is 3. The van der Waals surface area contributed by atoms with Crippen LogP contribution < -0.4 is 21.6 Å². The second-order valence-corrected chi connectivity index (χ2v) is 11.4. The number of nitrogens with one attached hydrogen (secondary N) is 2. The maximum atomic E-state index is 15.2. The molecule has 10 heteroatoms. The largest absolute Gasteiger partial charge is 0.278 e. The van der Waals surface area contributed by atoms with Gasteiger partial charge in [0, 0.05) is 21.5 Å². The van der Waals surface area contributed by atoms with Gasteiger partial charge in [-0.1, -0.05) is 36.4 Å². The number of nitrogens with zero attached hydrogens (tertiary/aromatic N) is 2. The van der Waals surface area contributed by atoms with Crippen LogP contribution in [-0.2, 0) is 0 Å². The summed E-state index contributed by atoms with van der Waals surface area (Å²) in [5.74, 6) is -1.95. The number of aryl methyl sites for hydroxylation is 2. The predicted octanol–water partition coefficient (Wildman–Crippen LogP) is 8.33. The van der Waals surface area contributed by atoms with Crippen LogP contribution in [0.4, 0.5) is 28.9 Å². The molecule has 0 aliphatic carbocycles. The Hall–Kier alpha value is -4.28. The molecule has 0 aliphatic rings. The molecule has 5 aromatic carbocycles. The van der Waals surface area contributed by atoms with Crippen molar-refractivity contribution in [2.75, 3.05) is 10.9 Å². The highest BCUT2D eigenvalue weighted by Gasteiger charge is 2.28. The van der Waals surface area contributed by atoms with Crippen molar-refractivity contribution in [3.05, 3.63) is 104 Å². The summed E-state index contributed by atoms with van der Waals surface area (Å²) in [6.45, 7) is 3.62. The molecule has 0 spiro atoms. The van der Waals surface area contributed by atoms with Crippen LogP contribution in [0.1, 0.15) is 11.1 Å². The molecule has 40 heavy (non-hydrogen) atoms. The summed E-state index contributed by atoms with van der Waals surface area (Å²) in [7, 11) is 0. The first-order valence-electron chi connectivity index (χ1n) is 12.3. The Labute approximate surface area is 232 Å².